The van der Waals surface area contributed by atoms with E-state index in [0.717, 1.165) is 30.0 Å². The minimum atomic E-state index is 0.173. The van der Waals surface area contributed by atoms with Gasteiger partial charge >= 0.3 is 0 Å². The molecule has 0 saturated carbocycles. The molecule has 2 fully saturated rings. The fourth-order valence-corrected chi connectivity index (χ4v) is 4.74. The summed E-state index contributed by atoms with van der Waals surface area (Å²) in [7, 11) is 1.60. The van der Waals surface area contributed by atoms with Crippen molar-refractivity contribution in [1.82, 2.24) is 15.2 Å². The number of hydrogen-bond donors (Lipinski definition) is 1. The van der Waals surface area contributed by atoms with Crippen molar-refractivity contribution in [2.45, 2.75) is 24.9 Å². The number of aromatic nitrogens is 3. The maximum atomic E-state index is 6.29. The number of nitrogens with zero attached hydrogens (tertiary/aromatic N) is 5. The predicted octanol–water partition coefficient (Wildman–Crippen LogP) is 2.96. The summed E-state index contributed by atoms with van der Waals surface area (Å²) < 4.78 is 10.8. The van der Waals surface area contributed by atoms with Gasteiger partial charge in [0.1, 0.15) is 5.75 Å². The van der Waals surface area contributed by atoms with Gasteiger partial charge in [-0.15, -0.1) is 10.2 Å². The molecule has 2 saturated heterocycles. The maximum absolute atomic E-state index is 6.29. The number of rotatable bonds is 6. The third kappa shape index (κ3) is 3.74. The van der Waals surface area contributed by atoms with Crippen LogP contribution in [0.15, 0.2) is 54.9 Å². The monoisotopic (exact) mass is 418 g/mol. The second-order valence-corrected chi connectivity index (χ2v) is 7.95. The Morgan fingerprint density at radius 2 is 1.77 bits per heavy atom. The van der Waals surface area contributed by atoms with Crippen molar-refractivity contribution >= 4 is 17.2 Å². The Hall–Kier alpha value is -3.39. The standard InChI is InChI=1S/C23H26N6O2/c1-30-15-31-22-5-3-2-4-19(22)20-12-21(23(24)27-26-20)28-13-17-6-7-18(14-28)29(17)16-8-10-25-11-9-16/h2-5,8-12,17-18H,6-7,13-15H2,1H3,(H2,24,27). The molecule has 1 aromatic carbocycles. The largest absolute Gasteiger partial charge is 0.467 e. The fraction of sp³-hybridized carbons (Fsp3) is 0.348. The van der Waals surface area contributed by atoms with Crippen LogP contribution in [0.3, 0.4) is 0 Å². The number of hydrogen-bond acceptors (Lipinski definition) is 8. The first-order valence-electron chi connectivity index (χ1n) is 10.5. The molecule has 3 aromatic rings. The van der Waals surface area contributed by atoms with Crippen molar-refractivity contribution in [2.75, 3.05) is 42.5 Å². The number of benzene rings is 1. The van der Waals surface area contributed by atoms with E-state index in [1.54, 1.807) is 7.11 Å². The number of anilines is 3. The molecule has 4 heterocycles. The summed E-state index contributed by atoms with van der Waals surface area (Å²) in [6.07, 6.45) is 6.06. The summed E-state index contributed by atoms with van der Waals surface area (Å²) >= 11 is 0. The molecule has 2 aromatic heterocycles. The topological polar surface area (TPSA) is 89.6 Å². The van der Waals surface area contributed by atoms with Crippen LogP contribution in [0.4, 0.5) is 17.2 Å². The third-order valence-corrected chi connectivity index (χ3v) is 6.08. The first-order chi connectivity index (χ1) is 15.2. The molecule has 0 amide bonds. The van der Waals surface area contributed by atoms with Gasteiger partial charge in [-0.1, -0.05) is 12.1 Å². The molecule has 0 radical (unpaired) electrons. The number of pyridine rings is 1. The zero-order valence-corrected chi connectivity index (χ0v) is 17.5. The van der Waals surface area contributed by atoms with Crippen LogP contribution in [0.25, 0.3) is 11.3 Å². The molecule has 2 unspecified atom stereocenters. The van der Waals surface area contributed by atoms with Crippen molar-refractivity contribution in [3.05, 3.63) is 54.9 Å². The Morgan fingerprint density at radius 1 is 1.03 bits per heavy atom. The van der Waals surface area contributed by atoms with Crippen LogP contribution in [0, 0.1) is 0 Å². The minimum absolute atomic E-state index is 0.173. The molecule has 0 aliphatic carbocycles. The molecular weight excluding hydrogens is 392 g/mol. The molecule has 5 rings (SSSR count). The van der Waals surface area contributed by atoms with E-state index >= 15 is 0 Å². The van der Waals surface area contributed by atoms with Gasteiger partial charge in [0.25, 0.3) is 0 Å². The average molecular weight is 419 g/mol. The van der Waals surface area contributed by atoms with E-state index in [2.05, 4.69) is 37.1 Å². The van der Waals surface area contributed by atoms with Gasteiger partial charge in [0.2, 0.25) is 0 Å². The molecule has 31 heavy (non-hydrogen) atoms. The van der Waals surface area contributed by atoms with Crippen LogP contribution in [-0.4, -0.2) is 54.3 Å². The second kappa shape index (κ2) is 8.39. The van der Waals surface area contributed by atoms with Gasteiger partial charge in [-0.25, -0.2) is 0 Å². The molecule has 8 nitrogen and oxygen atoms in total. The summed E-state index contributed by atoms with van der Waals surface area (Å²) in [6, 6.07) is 14.9. The van der Waals surface area contributed by atoms with Crippen LogP contribution >= 0.6 is 0 Å². The Morgan fingerprint density at radius 3 is 2.52 bits per heavy atom. The highest BCUT2D eigenvalue weighted by atomic mass is 16.7. The number of para-hydroxylation sites is 1. The van der Waals surface area contributed by atoms with Crippen molar-refractivity contribution < 1.29 is 9.47 Å². The molecular formula is C23H26N6O2. The molecule has 0 spiro atoms. The van der Waals surface area contributed by atoms with Gasteiger partial charge < -0.3 is 25.0 Å². The highest BCUT2D eigenvalue weighted by Gasteiger charge is 2.40. The smallest absolute Gasteiger partial charge is 0.188 e. The van der Waals surface area contributed by atoms with Gasteiger partial charge in [-0.3, -0.25) is 4.98 Å². The predicted molar refractivity (Wildman–Crippen MR) is 120 cm³/mol. The van der Waals surface area contributed by atoms with E-state index in [1.807, 2.05) is 42.7 Å². The van der Waals surface area contributed by atoms with Crippen LogP contribution in [0.2, 0.25) is 0 Å². The molecule has 2 aliphatic heterocycles. The average Bonchev–Trinajstić information content (AvgIpc) is 3.08. The summed E-state index contributed by atoms with van der Waals surface area (Å²) in [6.45, 7) is 1.97. The van der Waals surface area contributed by atoms with Crippen molar-refractivity contribution in [3.63, 3.8) is 0 Å². The Balaban J connectivity index is 1.43. The van der Waals surface area contributed by atoms with Crippen LogP contribution in [0.1, 0.15) is 12.8 Å². The highest BCUT2D eigenvalue weighted by Crippen LogP contribution is 2.38. The highest BCUT2D eigenvalue weighted by molar-refractivity contribution is 5.74. The second-order valence-electron chi connectivity index (χ2n) is 7.95. The minimum Gasteiger partial charge on any atom is -0.467 e. The summed E-state index contributed by atoms with van der Waals surface area (Å²) in [5.41, 5.74) is 10.1. The lowest BCUT2D eigenvalue weighted by Gasteiger charge is -2.43. The quantitative estimate of drug-likeness (QED) is 0.611. The number of piperazine rings is 1. The lowest BCUT2D eigenvalue weighted by atomic mass is 10.1. The van der Waals surface area contributed by atoms with E-state index in [9.17, 15) is 0 Å². The summed E-state index contributed by atoms with van der Waals surface area (Å²) in [5, 5.41) is 8.63. The fourth-order valence-electron chi connectivity index (χ4n) is 4.74. The molecule has 2 atom stereocenters. The lowest BCUT2D eigenvalue weighted by molar-refractivity contribution is 0.0515. The number of fused-ring (bicyclic) bond motifs is 2. The Bertz CT molecular complexity index is 1030. The van der Waals surface area contributed by atoms with Crippen molar-refractivity contribution in [3.8, 4) is 17.0 Å². The number of nitrogen functional groups attached to an aromatic ring is 1. The van der Waals surface area contributed by atoms with Gasteiger partial charge in [0, 0.05) is 55.9 Å². The van der Waals surface area contributed by atoms with E-state index in [-0.39, 0.29) is 6.79 Å². The SMILES string of the molecule is COCOc1ccccc1-c1cc(N2CC3CCC(C2)N3c2ccncc2)c(N)nn1. The van der Waals surface area contributed by atoms with Crippen LogP contribution < -0.4 is 20.3 Å². The van der Waals surface area contributed by atoms with E-state index in [4.69, 9.17) is 15.2 Å². The van der Waals surface area contributed by atoms with Gasteiger partial charge in [-0.05, 0) is 43.2 Å². The normalized spacial score (nSPS) is 20.2. The molecule has 2 aliphatic rings. The van der Waals surface area contributed by atoms with Crippen molar-refractivity contribution in [1.29, 1.82) is 0 Å². The van der Waals surface area contributed by atoms with E-state index in [1.165, 1.54) is 18.5 Å². The summed E-state index contributed by atoms with van der Waals surface area (Å²) in [4.78, 5) is 9.05. The van der Waals surface area contributed by atoms with Gasteiger partial charge in [0.15, 0.2) is 12.6 Å². The van der Waals surface area contributed by atoms with Crippen molar-refractivity contribution in [2.24, 2.45) is 0 Å². The van der Waals surface area contributed by atoms with Crippen LogP contribution in [0.5, 0.6) is 5.75 Å². The number of ether oxygens (including phenoxy) is 2. The number of nitrogens with two attached hydrogens (primary N) is 1. The zero-order valence-electron chi connectivity index (χ0n) is 17.5. The zero-order chi connectivity index (χ0) is 21.2. The molecule has 8 heteroatoms. The number of methoxy groups -OCH3 is 1. The maximum Gasteiger partial charge on any atom is 0.188 e. The van der Waals surface area contributed by atoms with E-state index < -0.39 is 0 Å². The van der Waals surface area contributed by atoms with E-state index in [0.29, 0.717) is 23.7 Å². The van der Waals surface area contributed by atoms with Gasteiger partial charge in [0.05, 0.1) is 11.4 Å². The Labute approximate surface area is 181 Å². The first kappa shape index (κ1) is 19.6. The lowest BCUT2D eigenvalue weighted by Crippen LogP contribution is -2.54. The Kier molecular flexibility index (Phi) is 5.30. The third-order valence-electron chi connectivity index (χ3n) is 6.08. The van der Waals surface area contributed by atoms with Gasteiger partial charge in [-0.2, -0.15) is 0 Å². The van der Waals surface area contributed by atoms with Crippen LogP contribution in [-0.2, 0) is 4.74 Å². The molecule has 2 N–H and O–H groups in total. The molecule has 160 valence electrons. The molecule has 2 bridgehead atoms. The summed E-state index contributed by atoms with van der Waals surface area (Å²) in [5.74, 6) is 1.16. The first-order valence-corrected chi connectivity index (χ1v) is 10.5.